The monoisotopic (exact) mass is 256 g/mol. The zero-order chi connectivity index (χ0) is 12.7. The Balaban J connectivity index is 2.32. The van der Waals surface area contributed by atoms with E-state index in [-0.39, 0.29) is 18.1 Å². The van der Waals surface area contributed by atoms with Crippen LogP contribution in [0.3, 0.4) is 0 Å². The summed E-state index contributed by atoms with van der Waals surface area (Å²) in [5.74, 6) is -0.205. The highest BCUT2D eigenvalue weighted by atomic mass is 32.1. The van der Waals surface area contributed by atoms with Crippen LogP contribution in [0.2, 0.25) is 0 Å². The third-order valence-electron chi connectivity index (χ3n) is 2.40. The molecule has 1 heterocycles. The van der Waals surface area contributed by atoms with E-state index in [4.69, 9.17) is 4.74 Å². The molecule has 4 nitrogen and oxygen atoms in total. The van der Waals surface area contributed by atoms with Gasteiger partial charge in [-0.3, -0.25) is 10.1 Å². The number of carbonyl (C=O) groups excluding carboxylic acids is 1. The SMILES string of the molecule is CCCCOC(=O)CNC(C)(C)c1nccs1. The Morgan fingerprint density at radius 1 is 1.59 bits per heavy atom. The number of ether oxygens (including phenoxy) is 1. The highest BCUT2D eigenvalue weighted by molar-refractivity contribution is 7.09. The first-order valence-electron chi connectivity index (χ1n) is 5.87. The van der Waals surface area contributed by atoms with Crippen molar-refractivity contribution in [3.63, 3.8) is 0 Å². The van der Waals surface area contributed by atoms with Crippen LogP contribution in [-0.4, -0.2) is 24.1 Å². The van der Waals surface area contributed by atoms with Gasteiger partial charge in [-0.15, -0.1) is 11.3 Å². The summed E-state index contributed by atoms with van der Waals surface area (Å²) < 4.78 is 5.08. The van der Waals surface area contributed by atoms with Crippen LogP contribution in [0.1, 0.15) is 38.6 Å². The summed E-state index contributed by atoms with van der Waals surface area (Å²) in [4.78, 5) is 15.7. The van der Waals surface area contributed by atoms with Crippen molar-refractivity contribution < 1.29 is 9.53 Å². The lowest BCUT2D eigenvalue weighted by Gasteiger charge is -2.23. The second-order valence-corrected chi connectivity index (χ2v) is 5.28. The topological polar surface area (TPSA) is 51.2 Å². The number of rotatable bonds is 7. The number of hydrogen-bond acceptors (Lipinski definition) is 5. The van der Waals surface area contributed by atoms with Gasteiger partial charge >= 0.3 is 5.97 Å². The minimum absolute atomic E-state index is 0.205. The van der Waals surface area contributed by atoms with Crippen molar-refractivity contribution in [2.24, 2.45) is 0 Å². The minimum Gasteiger partial charge on any atom is -0.465 e. The Hall–Kier alpha value is -0.940. The molecule has 0 spiro atoms. The first-order chi connectivity index (χ1) is 8.06. The van der Waals surface area contributed by atoms with Crippen LogP contribution in [0.25, 0.3) is 0 Å². The highest BCUT2D eigenvalue weighted by Gasteiger charge is 2.23. The average Bonchev–Trinajstić information content (AvgIpc) is 2.81. The lowest BCUT2D eigenvalue weighted by molar-refractivity contribution is -0.143. The molecule has 5 heteroatoms. The number of hydrogen-bond donors (Lipinski definition) is 1. The first-order valence-corrected chi connectivity index (χ1v) is 6.75. The molecule has 1 aromatic rings. The Labute approximate surface area is 106 Å². The van der Waals surface area contributed by atoms with Gasteiger partial charge in [-0.2, -0.15) is 0 Å². The fourth-order valence-corrected chi connectivity index (χ4v) is 2.02. The van der Waals surface area contributed by atoms with E-state index in [1.54, 1.807) is 17.5 Å². The molecule has 1 N–H and O–H groups in total. The number of unbranched alkanes of at least 4 members (excludes halogenated alkanes) is 1. The van der Waals surface area contributed by atoms with Crippen molar-refractivity contribution in [1.82, 2.24) is 10.3 Å². The molecule has 17 heavy (non-hydrogen) atoms. The van der Waals surface area contributed by atoms with Crippen molar-refractivity contribution in [2.45, 2.75) is 39.2 Å². The second-order valence-electron chi connectivity index (χ2n) is 4.39. The molecule has 96 valence electrons. The van der Waals surface area contributed by atoms with E-state index in [1.165, 1.54) is 0 Å². The smallest absolute Gasteiger partial charge is 0.319 e. The Morgan fingerprint density at radius 3 is 2.94 bits per heavy atom. The van der Waals surface area contributed by atoms with Crippen molar-refractivity contribution in [2.75, 3.05) is 13.2 Å². The highest BCUT2D eigenvalue weighted by Crippen LogP contribution is 2.21. The molecule has 0 fully saturated rings. The van der Waals surface area contributed by atoms with Crippen LogP contribution in [-0.2, 0) is 15.1 Å². The molecule has 0 aliphatic heterocycles. The molecular weight excluding hydrogens is 236 g/mol. The number of aromatic nitrogens is 1. The molecular formula is C12H20N2O2S. The van der Waals surface area contributed by atoms with Crippen LogP contribution in [0.4, 0.5) is 0 Å². The summed E-state index contributed by atoms with van der Waals surface area (Å²) in [6.45, 7) is 6.80. The van der Waals surface area contributed by atoms with Crippen molar-refractivity contribution in [1.29, 1.82) is 0 Å². The molecule has 0 saturated heterocycles. The van der Waals surface area contributed by atoms with E-state index in [2.05, 4.69) is 17.2 Å². The minimum atomic E-state index is -0.294. The maximum Gasteiger partial charge on any atom is 0.319 e. The van der Waals surface area contributed by atoms with Gasteiger partial charge in [0.2, 0.25) is 0 Å². The average molecular weight is 256 g/mol. The molecule has 0 unspecified atom stereocenters. The normalized spacial score (nSPS) is 11.5. The van der Waals surface area contributed by atoms with Crippen LogP contribution >= 0.6 is 11.3 Å². The summed E-state index contributed by atoms with van der Waals surface area (Å²) in [6.07, 6.45) is 3.72. The molecule has 0 aliphatic carbocycles. The molecule has 0 radical (unpaired) electrons. The number of thiazole rings is 1. The molecule has 0 bridgehead atoms. The van der Waals surface area contributed by atoms with Crippen molar-refractivity contribution >= 4 is 17.3 Å². The number of nitrogens with one attached hydrogen (secondary N) is 1. The molecule has 0 saturated carbocycles. The number of nitrogens with zero attached hydrogens (tertiary/aromatic N) is 1. The van der Waals surface area contributed by atoms with Crippen LogP contribution in [0.15, 0.2) is 11.6 Å². The molecule has 0 aromatic carbocycles. The van der Waals surface area contributed by atoms with Gasteiger partial charge in [0, 0.05) is 11.6 Å². The van der Waals surface area contributed by atoms with Crippen molar-refractivity contribution in [3.05, 3.63) is 16.6 Å². The quantitative estimate of drug-likeness (QED) is 0.601. The Bertz CT molecular complexity index is 336. The first kappa shape index (κ1) is 14.1. The summed E-state index contributed by atoms with van der Waals surface area (Å²) >= 11 is 1.58. The predicted octanol–water partition coefficient (Wildman–Crippen LogP) is 2.31. The van der Waals surface area contributed by atoms with E-state index in [9.17, 15) is 4.79 Å². The maximum atomic E-state index is 11.4. The maximum absolute atomic E-state index is 11.4. The summed E-state index contributed by atoms with van der Waals surface area (Å²) in [6, 6.07) is 0. The summed E-state index contributed by atoms with van der Waals surface area (Å²) in [5.41, 5.74) is -0.294. The van der Waals surface area contributed by atoms with E-state index >= 15 is 0 Å². The van der Waals surface area contributed by atoms with Crippen LogP contribution < -0.4 is 5.32 Å². The fraction of sp³-hybridized carbons (Fsp3) is 0.667. The van der Waals surface area contributed by atoms with Gasteiger partial charge in [0.15, 0.2) is 0 Å². The van der Waals surface area contributed by atoms with Crippen molar-refractivity contribution in [3.8, 4) is 0 Å². The zero-order valence-electron chi connectivity index (χ0n) is 10.7. The third-order valence-corrected chi connectivity index (χ3v) is 3.50. The van der Waals surface area contributed by atoms with Gasteiger partial charge in [-0.05, 0) is 20.3 Å². The van der Waals surface area contributed by atoms with Gasteiger partial charge in [-0.1, -0.05) is 13.3 Å². The molecule has 0 amide bonds. The van der Waals surface area contributed by atoms with Gasteiger partial charge < -0.3 is 4.74 Å². The Morgan fingerprint density at radius 2 is 2.35 bits per heavy atom. The molecule has 0 atom stereocenters. The molecule has 1 aromatic heterocycles. The molecule has 0 aliphatic rings. The van der Waals surface area contributed by atoms with Gasteiger partial charge in [0.05, 0.1) is 18.7 Å². The summed E-state index contributed by atoms with van der Waals surface area (Å²) in [7, 11) is 0. The third kappa shape index (κ3) is 4.83. The number of carbonyl (C=O) groups is 1. The molecule has 1 rings (SSSR count). The van der Waals surface area contributed by atoms with Gasteiger partial charge in [0.25, 0.3) is 0 Å². The second kappa shape index (κ2) is 6.71. The Kier molecular flexibility index (Phi) is 5.58. The van der Waals surface area contributed by atoms with E-state index in [0.717, 1.165) is 17.8 Å². The summed E-state index contributed by atoms with van der Waals surface area (Å²) in [5, 5.41) is 6.06. The van der Waals surface area contributed by atoms with E-state index in [1.807, 2.05) is 19.2 Å². The lowest BCUT2D eigenvalue weighted by atomic mass is 10.1. The zero-order valence-corrected chi connectivity index (χ0v) is 11.5. The van der Waals surface area contributed by atoms with Gasteiger partial charge in [0.1, 0.15) is 5.01 Å². The van der Waals surface area contributed by atoms with E-state index in [0.29, 0.717) is 6.61 Å². The largest absolute Gasteiger partial charge is 0.465 e. The van der Waals surface area contributed by atoms with Gasteiger partial charge in [-0.25, -0.2) is 4.98 Å². The fourth-order valence-electron chi connectivity index (χ4n) is 1.28. The standard InChI is InChI=1S/C12H20N2O2S/c1-4-5-7-16-10(15)9-14-12(2,3)11-13-6-8-17-11/h6,8,14H,4-5,7,9H2,1-3H3. The predicted molar refractivity (Wildman–Crippen MR) is 69.0 cm³/mol. The van der Waals surface area contributed by atoms with Crippen LogP contribution in [0.5, 0.6) is 0 Å². The number of esters is 1. The van der Waals surface area contributed by atoms with E-state index < -0.39 is 0 Å². The lowest BCUT2D eigenvalue weighted by Crippen LogP contribution is -2.40. The van der Waals surface area contributed by atoms with Crippen LogP contribution in [0, 0.1) is 0 Å².